The third-order valence-electron chi connectivity index (χ3n) is 5.36. The summed E-state index contributed by atoms with van der Waals surface area (Å²) in [6.07, 6.45) is 5.42. The molecule has 6 nitrogen and oxygen atoms in total. The maximum absolute atomic E-state index is 4.71. The van der Waals surface area contributed by atoms with Gasteiger partial charge in [0.1, 0.15) is 0 Å². The number of fused-ring (bicyclic) bond motifs is 2. The molecule has 0 amide bonds. The van der Waals surface area contributed by atoms with Gasteiger partial charge >= 0.3 is 0 Å². The van der Waals surface area contributed by atoms with E-state index < -0.39 is 0 Å². The summed E-state index contributed by atoms with van der Waals surface area (Å²) < 4.78 is 1.18. The smallest absolute Gasteiger partial charge is 0.225 e. The van der Waals surface area contributed by atoms with Crippen molar-refractivity contribution in [2.45, 2.75) is 5.92 Å². The number of hydrogen-bond acceptors (Lipinski definition) is 7. The first-order valence-corrected chi connectivity index (χ1v) is 10.3. The van der Waals surface area contributed by atoms with E-state index in [-0.39, 0.29) is 0 Å². The lowest BCUT2D eigenvalue weighted by Gasteiger charge is -2.39. The third-order valence-corrected chi connectivity index (χ3v) is 6.17. The molecule has 0 spiro atoms. The van der Waals surface area contributed by atoms with Crippen LogP contribution < -0.4 is 4.90 Å². The summed E-state index contributed by atoms with van der Waals surface area (Å²) in [7, 11) is 0. The maximum atomic E-state index is 4.71. The molecular formula is C22H16N6S. The van der Waals surface area contributed by atoms with E-state index in [1.807, 2.05) is 36.0 Å². The molecule has 6 rings (SSSR count). The minimum Gasteiger partial charge on any atom is -0.339 e. The molecule has 29 heavy (non-hydrogen) atoms. The Kier molecular flexibility index (Phi) is 3.73. The van der Waals surface area contributed by atoms with Gasteiger partial charge in [0, 0.05) is 48.5 Å². The summed E-state index contributed by atoms with van der Waals surface area (Å²) in [5.74, 6) is 1.08. The lowest BCUT2D eigenvalue weighted by Crippen LogP contribution is -2.46. The van der Waals surface area contributed by atoms with Crippen molar-refractivity contribution in [2.24, 2.45) is 0 Å². The lowest BCUT2D eigenvalue weighted by molar-refractivity contribution is 0.504. The first kappa shape index (κ1) is 16.5. The van der Waals surface area contributed by atoms with E-state index >= 15 is 0 Å². The highest BCUT2D eigenvalue weighted by atomic mass is 32.1. The van der Waals surface area contributed by atoms with Gasteiger partial charge in [-0.05, 0) is 18.2 Å². The number of hydrogen-bond donors (Lipinski definition) is 0. The Hall–Kier alpha value is -3.45. The second kappa shape index (κ2) is 6.56. The summed E-state index contributed by atoms with van der Waals surface area (Å²) in [5, 5.41) is 1.06. The van der Waals surface area contributed by atoms with Crippen LogP contribution in [0, 0.1) is 0 Å². The molecule has 0 aliphatic carbocycles. The molecule has 7 heteroatoms. The van der Waals surface area contributed by atoms with Gasteiger partial charge in [-0.15, -0.1) is 11.3 Å². The highest BCUT2D eigenvalue weighted by molar-refractivity contribution is 7.16. The van der Waals surface area contributed by atoms with E-state index in [2.05, 4.69) is 43.0 Å². The zero-order chi connectivity index (χ0) is 19.2. The van der Waals surface area contributed by atoms with Crippen LogP contribution in [0.15, 0.2) is 66.6 Å². The van der Waals surface area contributed by atoms with E-state index in [1.54, 1.807) is 23.7 Å². The van der Waals surface area contributed by atoms with Crippen LogP contribution in [0.4, 0.5) is 5.95 Å². The van der Waals surface area contributed by atoms with Gasteiger partial charge in [0.2, 0.25) is 5.95 Å². The van der Waals surface area contributed by atoms with Crippen LogP contribution in [0.2, 0.25) is 0 Å². The Balaban J connectivity index is 1.29. The monoisotopic (exact) mass is 396 g/mol. The van der Waals surface area contributed by atoms with Crippen LogP contribution in [-0.2, 0) is 0 Å². The number of benzene rings is 2. The van der Waals surface area contributed by atoms with Crippen molar-refractivity contribution in [3.8, 4) is 11.3 Å². The standard InChI is InChI=1S/C22H16N6S/c1-2-4-17-15(3-1)10-25-22(27-17)28-11-16(12-28)21-20(23-7-8-24-21)14-5-6-19-18(9-14)26-13-29-19/h1-10,13,16H,11-12H2. The molecule has 140 valence electrons. The number of para-hydroxylation sites is 1. The van der Waals surface area contributed by atoms with Crippen LogP contribution in [0.1, 0.15) is 11.6 Å². The van der Waals surface area contributed by atoms with E-state index in [9.17, 15) is 0 Å². The highest BCUT2D eigenvalue weighted by Crippen LogP contribution is 2.35. The van der Waals surface area contributed by atoms with Gasteiger partial charge in [0.25, 0.3) is 0 Å². The van der Waals surface area contributed by atoms with Gasteiger partial charge in [-0.1, -0.05) is 24.3 Å². The zero-order valence-electron chi connectivity index (χ0n) is 15.4. The summed E-state index contributed by atoms with van der Waals surface area (Å²) in [5.41, 5.74) is 6.87. The molecule has 3 aromatic heterocycles. The third kappa shape index (κ3) is 2.82. The fraction of sp³-hybridized carbons (Fsp3) is 0.136. The number of thiazole rings is 1. The highest BCUT2D eigenvalue weighted by Gasteiger charge is 2.33. The van der Waals surface area contributed by atoms with Gasteiger partial charge in [-0.3, -0.25) is 9.97 Å². The van der Waals surface area contributed by atoms with Crippen LogP contribution in [0.5, 0.6) is 0 Å². The molecule has 0 bridgehead atoms. The Bertz CT molecular complexity index is 1340. The van der Waals surface area contributed by atoms with E-state index in [4.69, 9.17) is 4.98 Å². The van der Waals surface area contributed by atoms with Crippen LogP contribution >= 0.6 is 11.3 Å². The molecule has 0 saturated carbocycles. The molecule has 0 unspecified atom stereocenters. The lowest BCUT2D eigenvalue weighted by atomic mass is 9.92. The van der Waals surface area contributed by atoms with Crippen LogP contribution in [-0.4, -0.2) is 38.0 Å². The number of rotatable bonds is 3. The van der Waals surface area contributed by atoms with Crippen molar-refractivity contribution in [3.63, 3.8) is 0 Å². The topological polar surface area (TPSA) is 67.7 Å². The van der Waals surface area contributed by atoms with Crippen molar-refractivity contribution in [3.05, 3.63) is 72.3 Å². The Morgan fingerprint density at radius 2 is 1.79 bits per heavy atom. The van der Waals surface area contributed by atoms with Gasteiger partial charge in [0.05, 0.1) is 32.6 Å². The number of aromatic nitrogens is 5. The normalized spacial score (nSPS) is 14.4. The summed E-state index contributed by atoms with van der Waals surface area (Å²) in [6, 6.07) is 14.4. The largest absolute Gasteiger partial charge is 0.339 e. The first-order valence-electron chi connectivity index (χ1n) is 9.46. The Morgan fingerprint density at radius 3 is 2.76 bits per heavy atom. The van der Waals surface area contributed by atoms with Crippen LogP contribution in [0.3, 0.4) is 0 Å². The van der Waals surface area contributed by atoms with Crippen molar-refractivity contribution >= 4 is 38.4 Å². The molecular weight excluding hydrogens is 380 g/mol. The minimum absolute atomic E-state index is 0.305. The van der Waals surface area contributed by atoms with E-state index in [0.29, 0.717) is 5.92 Å². The Morgan fingerprint density at radius 1 is 0.897 bits per heavy atom. The van der Waals surface area contributed by atoms with Crippen molar-refractivity contribution in [1.82, 2.24) is 24.9 Å². The summed E-state index contributed by atoms with van der Waals surface area (Å²) in [6.45, 7) is 1.67. The summed E-state index contributed by atoms with van der Waals surface area (Å²) in [4.78, 5) is 25.2. The van der Waals surface area contributed by atoms with E-state index in [1.165, 1.54) is 4.70 Å². The SMILES string of the molecule is c1ccc2nc(N3CC(c4nccnc4-c4ccc5scnc5c4)C3)ncc2c1. The fourth-order valence-corrected chi connectivity index (χ4v) is 4.46. The van der Waals surface area contributed by atoms with Crippen LogP contribution in [0.25, 0.3) is 32.4 Å². The average molecular weight is 396 g/mol. The van der Waals surface area contributed by atoms with Gasteiger partial charge < -0.3 is 4.90 Å². The van der Waals surface area contributed by atoms with Crippen molar-refractivity contribution in [2.75, 3.05) is 18.0 Å². The first-order chi connectivity index (χ1) is 14.3. The number of nitrogens with zero attached hydrogens (tertiary/aromatic N) is 6. The van der Waals surface area contributed by atoms with Gasteiger partial charge in [0.15, 0.2) is 0 Å². The van der Waals surface area contributed by atoms with Gasteiger partial charge in [-0.2, -0.15) is 0 Å². The molecule has 2 aromatic carbocycles. The minimum atomic E-state index is 0.305. The number of anilines is 1. The van der Waals surface area contributed by atoms with E-state index in [0.717, 1.165) is 52.4 Å². The molecule has 1 fully saturated rings. The molecule has 1 aliphatic rings. The molecule has 1 saturated heterocycles. The molecule has 4 heterocycles. The molecule has 5 aromatic rings. The predicted octanol–water partition coefficient (Wildman–Crippen LogP) is 4.30. The predicted molar refractivity (Wildman–Crippen MR) is 115 cm³/mol. The fourth-order valence-electron chi connectivity index (χ4n) is 3.80. The second-order valence-corrected chi connectivity index (χ2v) is 8.04. The summed E-state index contributed by atoms with van der Waals surface area (Å²) >= 11 is 1.65. The second-order valence-electron chi connectivity index (χ2n) is 7.16. The Labute approximate surface area is 170 Å². The molecule has 1 aliphatic heterocycles. The van der Waals surface area contributed by atoms with Crippen molar-refractivity contribution in [1.29, 1.82) is 0 Å². The molecule has 0 N–H and O–H groups in total. The van der Waals surface area contributed by atoms with Crippen molar-refractivity contribution < 1.29 is 0 Å². The molecule has 0 atom stereocenters. The quantitative estimate of drug-likeness (QED) is 0.453. The average Bonchev–Trinajstić information content (AvgIpc) is 3.21. The zero-order valence-corrected chi connectivity index (χ0v) is 16.3. The van der Waals surface area contributed by atoms with Gasteiger partial charge in [-0.25, -0.2) is 15.0 Å². The molecule has 0 radical (unpaired) electrons. The maximum Gasteiger partial charge on any atom is 0.225 e.